The molecule has 0 bridgehead atoms. The minimum Gasteiger partial charge on any atom is -0.496 e. The Hall–Kier alpha value is -2.97. The summed E-state index contributed by atoms with van der Waals surface area (Å²) in [5.74, 6) is 0.188. The summed E-state index contributed by atoms with van der Waals surface area (Å²) in [6.45, 7) is 3.77. The Bertz CT molecular complexity index is 1390. The molecule has 1 aliphatic heterocycles. The molecule has 2 aromatic carbocycles. The molecule has 0 amide bonds. The van der Waals surface area contributed by atoms with E-state index < -0.39 is 12.0 Å². The van der Waals surface area contributed by atoms with Gasteiger partial charge in [0.1, 0.15) is 5.75 Å². The van der Waals surface area contributed by atoms with Crippen LogP contribution in [0, 0.1) is 0 Å². The van der Waals surface area contributed by atoms with E-state index in [1.807, 2.05) is 48.5 Å². The van der Waals surface area contributed by atoms with Gasteiger partial charge in [-0.2, -0.15) is 0 Å². The number of carbonyl (C=O) groups is 1. The van der Waals surface area contributed by atoms with Crippen LogP contribution in [0.25, 0.3) is 6.08 Å². The van der Waals surface area contributed by atoms with E-state index in [0.717, 1.165) is 15.6 Å². The number of esters is 1. The number of fused-ring (bicyclic) bond motifs is 1. The van der Waals surface area contributed by atoms with E-state index in [2.05, 4.69) is 20.9 Å². The molecule has 164 valence electrons. The maximum atomic E-state index is 13.6. The lowest BCUT2D eigenvalue weighted by Crippen LogP contribution is -2.39. The van der Waals surface area contributed by atoms with Crippen molar-refractivity contribution < 1.29 is 14.3 Å². The van der Waals surface area contributed by atoms with Crippen LogP contribution in [0.5, 0.6) is 5.75 Å². The molecule has 0 saturated carbocycles. The zero-order valence-corrected chi connectivity index (χ0v) is 20.2. The summed E-state index contributed by atoms with van der Waals surface area (Å²) in [4.78, 5) is 31.6. The van der Waals surface area contributed by atoms with Crippen LogP contribution < -0.4 is 19.6 Å². The average molecular weight is 513 g/mol. The van der Waals surface area contributed by atoms with E-state index >= 15 is 0 Å². The minimum atomic E-state index is -0.613. The number of aromatic nitrogens is 1. The molecule has 4 rings (SSSR count). The first kappa shape index (κ1) is 22.2. The Morgan fingerprint density at radius 1 is 1.25 bits per heavy atom. The number of allylic oxidation sites excluding steroid dienone is 1. The van der Waals surface area contributed by atoms with Gasteiger partial charge in [0.2, 0.25) is 0 Å². The normalized spacial score (nSPS) is 15.9. The van der Waals surface area contributed by atoms with E-state index in [1.165, 1.54) is 11.3 Å². The first-order valence-corrected chi connectivity index (χ1v) is 11.6. The Kier molecular flexibility index (Phi) is 6.43. The van der Waals surface area contributed by atoms with Crippen molar-refractivity contribution in [3.05, 3.63) is 95.1 Å². The second kappa shape index (κ2) is 9.26. The van der Waals surface area contributed by atoms with Crippen molar-refractivity contribution >= 4 is 39.3 Å². The highest BCUT2D eigenvalue weighted by Crippen LogP contribution is 2.30. The van der Waals surface area contributed by atoms with Gasteiger partial charge in [-0.1, -0.05) is 57.6 Å². The summed E-state index contributed by atoms with van der Waals surface area (Å²) in [7, 11) is 1.59. The standard InChI is InChI=1S/C24H21BrN2O4S/c1-4-31-23(29)20-14(2)26-24-27(21(20)15-8-6-5-7-9-15)22(28)19(32-24)13-16-12-17(25)10-11-18(16)30-3/h5-13,21H,4H2,1-3H3/b19-13-/t21-/m0/s1. The van der Waals surface area contributed by atoms with Crippen LogP contribution in [-0.2, 0) is 9.53 Å². The van der Waals surface area contributed by atoms with Crippen LogP contribution in [0.1, 0.15) is 31.0 Å². The lowest BCUT2D eigenvalue weighted by molar-refractivity contribution is -0.139. The van der Waals surface area contributed by atoms with Crippen LogP contribution in [0.15, 0.2) is 74.1 Å². The van der Waals surface area contributed by atoms with Gasteiger partial charge >= 0.3 is 5.97 Å². The molecule has 0 saturated heterocycles. The highest BCUT2D eigenvalue weighted by molar-refractivity contribution is 9.10. The van der Waals surface area contributed by atoms with Crippen LogP contribution in [-0.4, -0.2) is 24.3 Å². The molecule has 1 aliphatic rings. The average Bonchev–Trinajstić information content (AvgIpc) is 3.08. The maximum absolute atomic E-state index is 13.6. The molecule has 2 heterocycles. The van der Waals surface area contributed by atoms with Gasteiger partial charge in [0.25, 0.3) is 5.56 Å². The number of thiazole rings is 1. The maximum Gasteiger partial charge on any atom is 0.338 e. The van der Waals surface area contributed by atoms with Gasteiger partial charge in [-0.15, -0.1) is 0 Å². The van der Waals surface area contributed by atoms with E-state index in [1.54, 1.807) is 31.6 Å². The zero-order chi connectivity index (χ0) is 22.8. The molecule has 3 aromatic rings. The number of benzene rings is 2. The largest absolute Gasteiger partial charge is 0.496 e. The predicted molar refractivity (Wildman–Crippen MR) is 128 cm³/mol. The fraction of sp³-hybridized carbons (Fsp3) is 0.208. The van der Waals surface area contributed by atoms with E-state index in [-0.39, 0.29) is 12.2 Å². The van der Waals surface area contributed by atoms with Gasteiger partial charge in [-0.25, -0.2) is 9.79 Å². The second-order valence-corrected chi connectivity index (χ2v) is 9.02. The van der Waals surface area contributed by atoms with Gasteiger partial charge in [0.15, 0.2) is 4.80 Å². The lowest BCUT2D eigenvalue weighted by atomic mass is 9.96. The molecule has 1 aromatic heterocycles. The first-order chi connectivity index (χ1) is 15.4. The highest BCUT2D eigenvalue weighted by atomic mass is 79.9. The highest BCUT2D eigenvalue weighted by Gasteiger charge is 2.33. The van der Waals surface area contributed by atoms with E-state index in [9.17, 15) is 9.59 Å². The number of halogens is 1. The van der Waals surface area contributed by atoms with Crippen LogP contribution in [0.4, 0.5) is 0 Å². The molecule has 0 radical (unpaired) electrons. The SMILES string of the molecule is CCOC(=O)C1=C(C)N=c2s/c(=C\c3cc(Br)ccc3OC)c(=O)n2[C@H]1c1ccccc1. The monoisotopic (exact) mass is 512 g/mol. The number of hydrogen-bond donors (Lipinski definition) is 0. The second-order valence-electron chi connectivity index (χ2n) is 7.10. The Morgan fingerprint density at radius 2 is 2.00 bits per heavy atom. The molecule has 1 atom stereocenters. The Balaban J connectivity index is 1.97. The summed E-state index contributed by atoms with van der Waals surface area (Å²) in [5.41, 5.74) is 2.28. The van der Waals surface area contributed by atoms with Crippen LogP contribution >= 0.6 is 27.3 Å². The third-order valence-corrected chi connectivity index (χ3v) is 6.59. The summed E-state index contributed by atoms with van der Waals surface area (Å²) >= 11 is 4.75. The number of methoxy groups -OCH3 is 1. The van der Waals surface area contributed by atoms with E-state index in [4.69, 9.17) is 9.47 Å². The number of carbonyl (C=O) groups excluding carboxylic acids is 1. The molecule has 0 aliphatic carbocycles. The van der Waals surface area contributed by atoms with Crippen molar-refractivity contribution in [1.82, 2.24) is 4.57 Å². The molecular weight excluding hydrogens is 492 g/mol. The molecule has 32 heavy (non-hydrogen) atoms. The Labute approximate surface area is 197 Å². The van der Waals surface area contributed by atoms with Crippen molar-refractivity contribution in [3.63, 3.8) is 0 Å². The fourth-order valence-corrected chi connectivity index (χ4v) is 5.12. The molecule has 0 N–H and O–H groups in total. The lowest BCUT2D eigenvalue weighted by Gasteiger charge is -2.24. The molecular formula is C24H21BrN2O4S. The van der Waals surface area contributed by atoms with Gasteiger partial charge in [0, 0.05) is 10.0 Å². The number of ether oxygens (including phenoxy) is 2. The number of nitrogens with zero attached hydrogens (tertiary/aromatic N) is 2. The summed E-state index contributed by atoms with van der Waals surface area (Å²) in [6.07, 6.45) is 1.79. The number of hydrogen-bond acceptors (Lipinski definition) is 6. The summed E-state index contributed by atoms with van der Waals surface area (Å²) < 4.78 is 13.7. The summed E-state index contributed by atoms with van der Waals surface area (Å²) in [6, 6.07) is 14.5. The van der Waals surface area contributed by atoms with E-state index in [0.29, 0.717) is 26.4 Å². The zero-order valence-electron chi connectivity index (χ0n) is 17.8. The van der Waals surface area contributed by atoms with Crippen molar-refractivity contribution in [2.75, 3.05) is 13.7 Å². The molecule has 8 heteroatoms. The van der Waals surface area contributed by atoms with Crippen molar-refractivity contribution in [1.29, 1.82) is 0 Å². The smallest absolute Gasteiger partial charge is 0.338 e. The predicted octanol–water partition coefficient (Wildman–Crippen LogP) is 3.57. The fourth-order valence-electron chi connectivity index (χ4n) is 3.70. The number of rotatable bonds is 5. The minimum absolute atomic E-state index is 0.223. The topological polar surface area (TPSA) is 69.9 Å². The molecule has 0 spiro atoms. The van der Waals surface area contributed by atoms with Crippen LogP contribution in [0.2, 0.25) is 0 Å². The molecule has 0 fully saturated rings. The first-order valence-electron chi connectivity index (χ1n) is 10.0. The van der Waals surface area contributed by atoms with Gasteiger partial charge in [-0.3, -0.25) is 9.36 Å². The Morgan fingerprint density at radius 3 is 2.69 bits per heavy atom. The van der Waals surface area contributed by atoms with Gasteiger partial charge < -0.3 is 9.47 Å². The third-order valence-electron chi connectivity index (χ3n) is 5.11. The van der Waals surface area contributed by atoms with Gasteiger partial charge in [0.05, 0.1) is 35.6 Å². The van der Waals surface area contributed by atoms with Crippen molar-refractivity contribution in [2.45, 2.75) is 19.9 Å². The van der Waals surface area contributed by atoms with Crippen molar-refractivity contribution in [3.8, 4) is 5.75 Å². The molecule has 0 unspecified atom stereocenters. The van der Waals surface area contributed by atoms with Gasteiger partial charge in [-0.05, 0) is 43.7 Å². The quantitative estimate of drug-likeness (QED) is 0.490. The van der Waals surface area contributed by atoms with Crippen LogP contribution in [0.3, 0.4) is 0 Å². The van der Waals surface area contributed by atoms with Crippen molar-refractivity contribution in [2.24, 2.45) is 4.99 Å². The molecule has 6 nitrogen and oxygen atoms in total. The summed E-state index contributed by atoms with van der Waals surface area (Å²) in [5, 5.41) is 0. The third kappa shape index (κ3) is 4.08.